The van der Waals surface area contributed by atoms with E-state index in [0.717, 1.165) is 23.4 Å². The van der Waals surface area contributed by atoms with E-state index in [9.17, 15) is 4.79 Å². The Labute approximate surface area is 133 Å². The van der Waals surface area contributed by atoms with E-state index < -0.39 is 0 Å². The number of hydrogen-bond donors (Lipinski definition) is 1. The van der Waals surface area contributed by atoms with Crippen molar-refractivity contribution in [2.75, 3.05) is 13.2 Å². The number of aryl methyl sites for hydroxylation is 2. The second-order valence-corrected chi connectivity index (χ2v) is 6.47. The van der Waals surface area contributed by atoms with Crippen LogP contribution in [0.4, 0.5) is 0 Å². The molecular weight excluding hydrogens is 278 g/mol. The summed E-state index contributed by atoms with van der Waals surface area (Å²) in [4.78, 5) is 12.0. The number of carbonyl (C=O) groups is 1. The van der Waals surface area contributed by atoms with Gasteiger partial charge in [0, 0.05) is 24.8 Å². The first-order chi connectivity index (χ1) is 10.5. The van der Waals surface area contributed by atoms with Gasteiger partial charge in [-0.2, -0.15) is 5.10 Å². The molecule has 1 saturated carbocycles. The van der Waals surface area contributed by atoms with Gasteiger partial charge < -0.3 is 10.1 Å². The van der Waals surface area contributed by atoms with Crippen molar-refractivity contribution in [2.24, 2.45) is 13.0 Å². The standard InChI is InChI=1S/C17H29N3O2/c1-12-7-5-6-8-16(12)22-10-9-18-17(21)11-15-13(2)19-20(4)14(15)3/h12,16H,5-11H2,1-4H3,(H,18,21)/t12-,16-/m1/s1. The quantitative estimate of drug-likeness (QED) is 0.820. The van der Waals surface area contributed by atoms with Crippen LogP contribution < -0.4 is 5.32 Å². The lowest BCUT2D eigenvalue weighted by Crippen LogP contribution is -2.32. The maximum absolute atomic E-state index is 12.0. The minimum Gasteiger partial charge on any atom is -0.376 e. The molecule has 0 aliphatic heterocycles. The molecule has 1 aliphatic carbocycles. The largest absolute Gasteiger partial charge is 0.376 e. The van der Waals surface area contributed by atoms with Gasteiger partial charge in [0.05, 0.1) is 24.8 Å². The average molecular weight is 307 g/mol. The number of nitrogens with one attached hydrogen (secondary N) is 1. The maximum atomic E-state index is 12.0. The van der Waals surface area contributed by atoms with Gasteiger partial charge in [-0.05, 0) is 32.6 Å². The average Bonchev–Trinajstić information content (AvgIpc) is 2.72. The Morgan fingerprint density at radius 2 is 2.09 bits per heavy atom. The minimum atomic E-state index is 0.0412. The van der Waals surface area contributed by atoms with Crippen molar-refractivity contribution in [1.82, 2.24) is 15.1 Å². The molecular formula is C17H29N3O2. The molecule has 5 heteroatoms. The van der Waals surface area contributed by atoms with E-state index in [-0.39, 0.29) is 5.91 Å². The Morgan fingerprint density at radius 3 is 2.73 bits per heavy atom. The van der Waals surface area contributed by atoms with Crippen LogP contribution in [0.5, 0.6) is 0 Å². The lowest BCUT2D eigenvalue weighted by molar-refractivity contribution is -0.120. The molecule has 0 aromatic carbocycles. The molecule has 0 saturated heterocycles. The fourth-order valence-electron chi connectivity index (χ4n) is 3.23. The lowest BCUT2D eigenvalue weighted by Gasteiger charge is -2.28. The first-order valence-corrected chi connectivity index (χ1v) is 8.36. The van der Waals surface area contributed by atoms with E-state index in [2.05, 4.69) is 17.3 Å². The second-order valence-electron chi connectivity index (χ2n) is 6.47. The highest BCUT2D eigenvalue weighted by Crippen LogP contribution is 2.25. The van der Waals surface area contributed by atoms with E-state index in [1.807, 2.05) is 25.6 Å². The van der Waals surface area contributed by atoms with Crippen LogP contribution in [0.3, 0.4) is 0 Å². The smallest absolute Gasteiger partial charge is 0.224 e. The fraction of sp³-hybridized carbons (Fsp3) is 0.765. The van der Waals surface area contributed by atoms with E-state index in [1.54, 1.807) is 0 Å². The summed E-state index contributed by atoms with van der Waals surface area (Å²) in [5.41, 5.74) is 3.02. The minimum absolute atomic E-state index is 0.0412. The van der Waals surface area contributed by atoms with Crippen LogP contribution in [0.1, 0.15) is 49.6 Å². The van der Waals surface area contributed by atoms with Crippen molar-refractivity contribution in [3.63, 3.8) is 0 Å². The van der Waals surface area contributed by atoms with Crippen LogP contribution >= 0.6 is 0 Å². The van der Waals surface area contributed by atoms with E-state index >= 15 is 0 Å². The number of carbonyl (C=O) groups excluding carboxylic acids is 1. The predicted molar refractivity (Wildman–Crippen MR) is 86.8 cm³/mol. The van der Waals surface area contributed by atoms with Gasteiger partial charge >= 0.3 is 0 Å². The van der Waals surface area contributed by atoms with Crippen LogP contribution in [0.2, 0.25) is 0 Å². The summed E-state index contributed by atoms with van der Waals surface area (Å²) in [7, 11) is 1.91. The van der Waals surface area contributed by atoms with E-state index in [0.29, 0.717) is 31.6 Å². The van der Waals surface area contributed by atoms with Gasteiger partial charge in [-0.25, -0.2) is 0 Å². The van der Waals surface area contributed by atoms with Crippen LogP contribution in [-0.4, -0.2) is 34.9 Å². The Hall–Kier alpha value is -1.36. The monoisotopic (exact) mass is 307 g/mol. The molecule has 2 rings (SSSR count). The number of aromatic nitrogens is 2. The molecule has 1 heterocycles. The zero-order chi connectivity index (χ0) is 16.1. The Kier molecular flexibility index (Phi) is 6.00. The molecule has 1 aliphatic rings. The Balaban J connectivity index is 1.69. The number of rotatable bonds is 6. The number of amides is 1. The summed E-state index contributed by atoms with van der Waals surface area (Å²) in [5, 5.41) is 7.29. The summed E-state index contributed by atoms with van der Waals surface area (Å²) in [6, 6.07) is 0. The highest BCUT2D eigenvalue weighted by Gasteiger charge is 2.21. The molecule has 0 unspecified atom stereocenters. The van der Waals surface area contributed by atoms with Gasteiger partial charge in [0.1, 0.15) is 0 Å². The van der Waals surface area contributed by atoms with Crippen molar-refractivity contribution in [3.8, 4) is 0 Å². The summed E-state index contributed by atoms with van der Waals surface area (Å²) in [6.45, 7) is 7.39. The summed E-state index contributed by atoms with van der Waals surface area (Å²) in [5.74, 6) is 0.685. The zero-order valence-electron chi connectivity index (χ0n) is 14.3. The van der Waals surface area contributed by atoms with Gasteiger partial charge in [0.15, 0.2) is 0 Å². The van der Waals surface area contributed by atoms with Gasteiger partial charge in [0.2, 0.25) is 5.91 Å². The predicted octanol–water partition coefficient (Wildman–Crippen LogP) is 2.29. The van der Waals surface area contributed by atoms with E-state index in [1.165, 1.54) is 19.3 Å². The van der Waals surface area contributed by atoms with Gasteiger partial charge in [-0.15, -0.1) is 0 Å². The third-order valence-electron chi connectivity index (χ3n) is 4.79. The summed E-state index contributed by atoms with van der Waals surface area (Å²) in [6.07, 6.45) is 5.77. The summed E-state index contributed by atoms with van der Waals surface area (Å²) >= 11 is 0. The molecule has 1 aromatic rings. The third kappa shape index (κ3) is 4.32. The molecule has 1 fully saturated rings. The van der Waals surface area contributed by atoms with Gasteiger partial charge in [-0.3, -0.25) is 9.48 Å². The van der Waals surface area contributed by atoms with E-state index in [4.69, 9.17) is 4.74 Å². The van der Waals surface area contributed by atoms with Crippen molar-refractivity contribution in [1.29, 1.82) is 0 Å². The zero-order valence-corrected chi connectivity index (χ0v) is 14.3. The van der Waals surface area contributed by atoms with Crippen molar-refractivity contribution in [3.05, 3.63) is 17.0 Å². The number of nitrogens with zero attached hydrogens (tertiary/aromatic N) is 2. The van der Waals surface area contributed by atoms with Gasteiger partial charge in [-0.1, -0.05) is 19.8 Å². The molecule has 0 bridgehead atoms. The maximum Gasteiger partial charge on any atom is 0.224 e. The topological polar surface area (TPSA) is 56.2 Å². The number of hydrogen-bond acceptors (Lipinski definition) is 3. The molecule has 22 heavy (non-hydrogen) atoms. The molecule has 2 atom stereocenters. The molecule has 0 radical (unpaired) electrons. The third-order valence-corrected chi connectivity index (χ3v) is 4.79. The molecule has 1 N–H and O–H groups in total. The molecule has 5 nitrogen and oxygen atoms in total. The SMILES string of the molecule is Cc1nn(C)c(C)c1CC(=O)NCCO[C@@H]1CCCC[C@H]1C. The highest BCUT2D eigenvalue weighted by atomic mass is 16.5. The molecule has 1 amide bonds. The van der Waals surface area contributed by atoms with Crippen molar-refractivity contribution in [2.45, 2.75) is 59.0 Å². The van der Waals surface area contributed by atoms with Crippen LogP contribution in [-0.2, 0) is 23.0 Å². The summed E-state index contributed by atoms with van der Waals surface area (Å²) < 4.78 is 7.74. The van der Waals surface area contributed by atoms with Crippen molar-refractivity contribution >= 4 is 5.91 Å². The first kappa shape index (κ1) is 17.0. The lowest BCUT2D eigenvalue weighted by atomic mass is 9.88. The number of ether oxygens (including phenoxy) is 1. The molecule has 0 spiro atoms. The van der Waals surface area contributed by atoms with Crippen LogP contribution in [0.15, 0.2) is 0 Å². The first-order valence-electron chi connectivity index (χ1n) is 8.36. The Morgan fingerprint density at radius 1 is 1.36 bits per heavy atom. The van der Waals surface area contributed by atoms with Crippen molar-refractivity contribution < 1.29 is 9.53 Å². The van der Waals surface area contributed by atoms with Crippen LogP contribution in [0.25, 0.3) is 0 Å². The fourth-order valence-corrected chi connectivity index (χ4v) is 3.23. The normalized spacial score (nSPS) is 21.8. The molecule has 124 valence electrons. The second kappa shape index (κ2) is 7.77. The molecule has 1 aromatic heterocycles. The highest BCUT2D eigenvalue weighted by molar-refractivity contribution is 5.79. The van der Waals surface area contributed by atoms with Gasteiger partial charge in [0.25, 0.3) is 0 Å². The van der Waals surface area contributed by atoms with Crippen LogP contribution in [0, 0.1) is 19.8 Å². The Bertz CT molecular complexity index is 510.